The molecule has 1 saturated heterocycles. The summed E-state index contributed by atoms with van der Waals surface area (Å²) < 4.78 is 21.4. The van der Waals surface area contributed by atoms with Gasteiger partial charge in [-0.15, -0.1) is 0 Å². The molecule has 29 heavy (non-hydrogen) atoms. The number of nitrogens with one attached hydrogen (secondary N) is 1. The monoisotopic (exact) mass is 396 g/mol. The van der Waals surface area contributed by atoms with Gasteiger partial charge >= 0.3 is 6.09 Å². The molecule has 1 N–H and O–H groups in total. The van der Waals surface area contributed by atoms with Crippen molar-refractivity contribution in [1.29, 1.82) is 0 Å². The zero-order valence-corrected chi connectivity index (χ0v) is 15.4. The summed E-state index contributed by atoms with van der Waals surface area (Å²) in [5.74, 6) is -0.760. The first kappa shape index (κ1) is 18.5. The van der Waals surface area contributed by atoms with E-state index in [4.69, 9.17) is 4.74 Å². The van der Waals surface area contributed by atoms with Crippen molar-refractivity contribution >= 4 is 17.7 Å². The number of carbonyl (C=O) groups is 2. The number of nitrogens with zero attached hydrogens (tertiary/aromatic N) is 5. The van der Waals surface area contributed by atoms with E-state index in [-0.39, 0.29) is 24.7 Å². The number of benzene rings is 1. The Bertz CT molecular complexity index is 1060. The van der Waals surface area contributed by atoms with Crippen LogP contribution < -0.4 is 10.2 Å². The summed E-state index contributed by atoms with van der Waals surface area (Å²) in [6, 6.07) is 4.40. The second kappa shape index (κ2) is 7.66. The van der Waals surface area contributed by atoms with E-state index in [9.17, 15) is 14.0 Å². The van der Waals surface area contributed by atoms with Crippen molar-refractivity contribution in [1.82, 2.24) is 25.1 Å². The fraction of sp³-hybridized carbons (Fsp3) is 0.211. The van der Waals surface area contributed by atoms with Gasteiger partial charge in [-0.3, -0.25) is 19.7 Å². The van der Waals surface area contributed by atoms with Crippen LogP contribution in [0.15, 0.2) is 49.2 Å². The number of anilines is 1. The van der Waals surface area contributed by atoms with Crippen molar-refractivity contribution in [3.05, 3.63) is 55.0 Å². The Morgan fingerprint density at radius 2 is 2.21 bits per heavy atom. The number of amides is 2. The number of carbonyl (C=O) groups excluding carboxylic acids is 2. The smallest absolute Gasteiger partial charge is 0.414 e. The Hall–Kier alpha value is -3.82. The molecule has 1 aliphatic heterocycles. The van der Waals surface area contributed by atoms with Crippen molar-refractivity contribution in [3.63, 3.8) is 0 Å². The number of cyclic esters (lactones) is 1. The molecule has 0 unspecified atom stereocenters. The number of halogens is 1. The highest BCUT2D eigenvalue weighted by Crippen LogP contribution is 2.26. The third kappa shape index (κ3) is 3.91. The molecule has 0 spiro atoms. The van der Waals surface area contributed by atoms with Crippen LogP contribution in [-0.4, -0.2) is 50.9 Å². The summed E-state index contributed by atoms with van der Waals surface area (Å²) in [5, 5.41) is 6.78. The molecule has 0 aliphatic carbocycles. The maximum atomic E-state index is 14.8. The molecule has 1 aliphatic rings. The summed E-state index contributed by atoms with van der Waals surface area (Å²) in [4.78, 5) is 32.6. The highest BCUT2D eigenvalue weighted by molar-refractivity contribution is 5.90. The maximum absolute atomic E-state index is 14.8. The van der Waals surface area contributed by atoms with E-state index in [1.807, 2.05) is 0 Å². The van der Waals surface area contributed by atoms with Gasteiger partial charge in [-0.05, 0) is 18.2 Å². The quantitative estimate of drug-likeness (QED) is 0.707. The van der Waals surface area contributed by atoms with E-state index in [1.165, 1.54) is 28.6 Å². The van der Waals surface area contributed by atoms with Crippen LogP contribution in [0.2, 0.25) is 0 Å². The highest BCUT2D eigenvalue weighted by atomic mass is 19.1. The molecule has 10 heteroatoms. The van der Waals surface area contributed by atoms with Gasteiger partial charge in [-0.25, -0.2) is 13.9 Å². The van der Waals surface area contributed by atoms with E-state index in [0.29, 0.717) is 16.9 Å². The second-order valence-corrected chi connectivity index (χ2v) is 6.45. The van der Waals surface area contributed by atoms with E-state index in [2.05, 4.69) is 20.4 Å². The molecule has 3 aromatic rings. The Labute approximate surface area is 165 Å². The minimum atomic E-state index is -0.587. The van der Waals surface area contributed by atoms with Crippen LogP contribution >= 0.6 is 0 Å². The topological polar surface area (TPSA) is 102 Å². The summed E-state index contributed by atoms with van der Waals surface area (Å²) in [7, 11) is 0. The van der Waals surface area contributed by atoms with Crippen LogP contribution in [0, 0.1) is 5.82 Å². The Kier molecular flexibility index (Phi) is 4.90. The van der Waals surface area contributed by atoms with Crippen LogP contribution in [0.3, 0.4) is 0 Å². The summed E-state index contributed by atoms with van der Waals surface area (Å²) in [6.45, 7) is 1.81. The third-order valence-electron chi connectivity index (χ3n) is 4.38. The molecule has 0 bridgehead atoms. The van der Waals surface area contributed by atoms with Gasteiger partial charge in [-0.1, -0.05) is 0 Å². The lowest BCUT2D eigenvalue weighted by Gasteiger charge is -2.14. The molecule has 2 aromatic heterocycles. The van der Waals surface area contributed by atoms with Crippen molar-refractivity contribution in [2.24, 2.45) is 0 Å². The summed E-state index contributed by atoms with van der Waals surface area (Å²) in [6.07, 6.45) is 6.87. The molecule has 0 radical (unpaired) electrons. The SMILES string of the molecule is CC(=O)NC[C@H]1CN(c2ccc(-n3cc(-c4cnccn4)cn3)c(F)c2)C(=O)O1. The first-order valence-corrected chi connectivity index (χ1v) is 8.85. The zero-order valence-electron chi connectivity index (χ0n) is 15.4. The molecule has 3 heterocycles. The molecule has 1 aromatic carbocycles. The van der Waals surface area contributed by atoms with Gasteiger partial charge < -0.3 is 10.1 Å². The van der Waals surface area contributed by atoms with E-state index < -0.39 is 18.0 Å². The van der Waals surface area contributed by atoms with Crippen molar-refractivity contribution in [2.75, 3.05) is 18.0 Å². The first-order chi connectivity index (χ1) is 14.0. The zero-order chi connectivity index (χ0) is 20.4. The predicted octanol–water partition coefficient (Wildman–Crippen LogP) is 1.93. The first-order valence-electron chi connectivity index (χ1n) is 8.85. The van der Waals surface area contributed by atoms with Crippen molar-refractivity contribution in [2.45, 2.75) is 13.0 Å². The van der Waals surface area contributed by atoms with E-state index >= 15 is 0 Å². The number of ether oxygens (including phenoxy) is 1. The Morgan fingerprint density at radius 1 is 1.34 bits per heavy atom. The molecule has 1 fully saturated rings. The Balaban J connectivity index is 1.52. The standard InChI is InChI=1S/C19H17FN6O3/c1-12(27)23-8-15-11-25(19(28)29-15)14-2-3-18(16(20)6-14)26-10-13(7-24-26)17-9-21-4-5-22-17/h2-7,9-10,15H,8,11H2,1H3,(H,23,27)/t15-/m0/s1. The molecule has 0 saturated carbocycles. The van der Waals surface area contributed by atoms with Gasteiger partial charge in [0.25, 0.3) is 0 Å². The van der Waals surface area contributed by atoms with Gasteiger partial charge in [0.05, 0.1) is 36.9 Å². The number of aromatic nitrogens is 4. The number of hydrogen-bond acceptors (Lipinski definition) is 6. The molecular weight excluding hydrogens is 379 g/mol. The molecule has 2 amide bonds. The molecular formula is C19H17FN6O3. The van der Waals surface area contributed by atoms with Crippen LogP contribution in [0.25, 0.3) is 16.9 Å². The normalized spacial score (nSPS) is 16.0. The fourth-order valence-corrected chi connectivity index (χ4v) is 2.98. The lowest BCUT2D eigenvalue weighted by atomic mass is 10.2. The van der Waals surface area contributed by atoms with Crippen LogP contribution in [-0.2, 0) is 9.53 Å². The lowest BCUT2D eigenvalue weighted by Crippen LogP contribution is -2.33. The minimum Gasteiger partial charge on any atom is -0.442 e. The fourth-order valence-electron chi connectivity index (χ4n) is 2.98. The van der Waals surface area contributed by atoms with Gasteiger partial charge in [0.1, 0.15) is 11.8 Å². The largest absolute Gasteiger partial charge is 0.442 e. The molecule has 1 atom stereocenters. The second-order valence-electron chi connectivity index (χ2n) is 6.45. The van der Waals surface area contributed by atoms with Crippen LogP contribution in [0.1, 0.15) is 6.92 Å². The van der Waals surface area contributed by atoms with Gasteiger partial charge in [0, 0.05) is 31.1 Å². The van der Waals surface area contributed by atoms with E-state index in [1.54, 1.807) is 37.1 Å². The van der Waals surface area contributed by atoms with Crippen molar-refractivity contribution in [3.8, 4) is 16.9 Å². The molecule has 9 nitrogen and oxygen atoms in total. The van der Waals surface area contributed by atoms with E-state index in [0.717, 1.165) is 0 Å². The minimum absolute atomic E-state index is 0.205. The molecule has 148 valence electrons. The van der Waals surface area contributed by atoms with Gasteiger partial charge in [0.15, 0.2) is 5.82 Å². The number of hydrogen-bond donors (Lipinski definition) is 1. The van der Waals surface area contributed by atoms with Gasteiger partial charge in [-0.2, -0.15) is 5.10 Å². The highest BCUT2D eigenvalue weighted by Gasteiger charge is 2.32. The van der Waals surface area contributed by atoms with Crippen molar-refractivity contribution < 1.29 is 18.7 Å². The van der Waals surface area contributed by atoms with Crippen LogP contribution in [0.5, 0.6) is 0 Å². The maximum Gasteiger partial charge on any atom is 0.414 e. The average molecular weight is 396 g/mol. The average Bonchev–Trinajstić information content (AvgIpc) is 3.34. The molecule has 4 rings (SSSR count). The third-order valence-corrected chi connectivity index (χ3v) is 4.38. The summed E-state index contributed by atoms with van der Waals surface area (Å²) >= 11 is 0. The predicted molar refractivity (Wildman–Crippen MR) is 101 cm³/mol. The number of rotatable bonds is 5. The van der Waals surface area contributed by atoms with Crippen LogP contribution in [0.4, 0.5) is 14.9 Å². The lowest BCUT2D eigenvalue weighted by molar-refractivity contribution is -0.119. The van der Waals surface area contributed by atoms with Gasteiger partial charge in [0.2, 0.25) is 5.91 Å². The Morgan fingerprint density at radius 3 is 2.93 bits per heavy atom. The summed E-state index contributed by atoms with van der Waals surface area (Å²) in [5.41, 5.74) is 1.92.